The summed E-state index contributed by atoms with van der Waals surface area (Å²) in [6.45, 7) is 14.4. The molecule has 1 aliphatic heterocycles. The second-order valence-electron chi connectivity index (χ2n) is 7.01. The van der Waals surface area contributed by atoms with Crippen molar-refractivity contribution in [2.75, 3.05) is 13.7 Å². The predicted octanol–water partition coefficient (Wildman–Crippen LogP) is 3.29. The Morgan fingerprint density at radius 3 is 2.29 bits per heavy atom. The van der Waals surface area contributed by atoms with Gasteiger partial charge in [-0.05, 0) is 41.7 Å². The van der Waals surface area contributed by atoms with Crippen molar-refractivity contribution in [1.29, 1.82) is 0 Å². The summed E-state index contributed by atoms with van der Waals surface area (Å²) >= 11 is 0. The lowest BCUT2D eigenvalue weighted by Crippen LogP contribution is -2.60. The van der Waals surface area contributed by atoms with E-state index in [1.807, 2.05) is 0 Å². The van der Waals surface area contributed by atoms with E-state index in [2.05, 4.69) is 46.2 Å². The first-order chi connectivity index (χ1) is 9.58. The summed E-state index contributed by atoms with van der Waals surface area (Å²) in [5.74, 6) is 0.212. The van der Waals surface area contributed by atoms with Gasteiger partial charge < -0.3 is 9.47 Å². The molecule has 0 aromatic rings. The Labute approximate surface area is 128 Å². The van der Waals surface area contributed by atoms with E-state index >= 15 is 0 Å². The highest BCUT2D eigenvalue weighted by Crippen LogP contribution is 2.38. The number of allylic oxidation sites excluding steroid dienone is 1. The van der Waals surface area contributed by atoms with Gasteiger partial charge in [-0.25, -0.2) is 4.79 Å². The first-order valence-electron chi connectivity index (χ1n) is 7.45. The number of piperidine rings is 1. The largest absolute Gasteiger partial charge is 0.495 e. The Morgan fingerprint density at radius 1 is 1.29 bits per heavy atom. The monoisotopic (exact) mass is 295 g/mol. The number of hydrogen-bond acceptors (Lipinski definition) is 4. The minimum Gasteiger partial charge on any atom is -0.495 e. The van der Waals surface area contributed by atoms with Gasteiger partial charge >= 0.3 is 5.97 Å². The molecule has 0 spiro atoms. The first kappa shape index (κ1) is 17.8. The Kier molecular flexibility index (Phi) is 5.62. The number of hydrogen-bond donors (Lipinski definition) is 0. The average Bonchev–Trinajstić information content (AvgIpc) is 2.32. The van der Waals surface area contributed by atoms with Crippen LogP contribution in [0.2, 0.25) is 0 Å². The fourth-order valence-electron chi connectivity index (χ4n) is 3.01. The van der Waals surface area contributed by atoms with Crippen LogP contribution in [0.3, 0.4) is 0 Å². The third kappa shape index (κ3) is 4.88. The zero-order valence-corrected chi connectivity index (χ0v) is 14.2. The van der Waals surface area contributed by atoms with E-state index in [0.717, 1.165) is 12.8 Å². The van der Waals surface area contributed by atoms with Crippen molar-refractivity contribution in [3.05, 3.63) is 24.5 Å². The molecule has 120 valence electrons. The molecule has 0 aromatic heterocycles. The molecule has 0 unspecified atom stereocenters. The van der Waals surface area contributed by atoms with Crippen molar-refractivity contribution in [3.8, 4) is 0 Å². The summed E-state index contributed by atoms with van der Waals surface area (Å²) in [6, 6.07) is 0. The molecule has 4 nitrogen and oxygen atoms in total. The van der Waals surface area contributed by atoms with Crippen LogP contribution in [0, 0.1) is 0 Å². The topological polar surface area (TPSA) is 38.8 Å². The Bertz CT molecular complexity index is 406. The number of likely N-dealkylation sites (tertiary alicyclic amines) is 1. The lowest BCUT2D eigenvalue weighted by atomic mass is 9.79. The van der Waals surface area contributed by atoms with Crippen LogP contribution in [0.5, 0.6) is 0 Å². The fourth-order valence-corrected chi connectivity index (χ4v) is 3.01. The first-order valence-corrected chi connectivity index (χ1v) is 7.45. The van der Waals surface area contributed by atoms with Gasteiger partial charge in [0, 0.05) is 23.9 Å². The van der Waals surface area contributed by atoms with Crippen LogP contribution in [0.15, 0.2) is 24.5 Å². The van der Waals surface area contributed by atoms with Crippen LogP contribution < -0.4 is 0 Å². The van der Waals surface area contributed by atoms with Gasteiger partial charge in [0.1, 0.15) is 18.5 Å². The van der Waals surface area contributed by atoms with Crippen molar-refractivity contribution < 1.29 is 14.3 Å². The maximum atomic E-state index is 11.5. The molecule has 0 amide bonds. The molecule has 0 atom stereocenters. The molecule has 0 aromatic carbocycles. The molecule has 1 rings (SSSR count). The average molecular weight is 295 g/mol. The third-order valence-corrected chi connectivity index (χ3v) is 4.29. The van der Waals surface area contributed by atoms with Gasteiger partial charge in [-0.2, -0.15) is 0 Å². The molecule has 1 saturated heterocycles. The Morgan fingerprint density at radius 2 is 1.81 bits per heavy atom. The predicted molar refractivity (Wildman–Crippen MR) is 84.9 cm³/mol. The van der Waals surface area contributed by atoms with Crippen molar-refractivity contribution >= 4 is 5.97 Å². The lowest BCUT2D eigenvalue weighted by Gasteiger charge is -2.53. The molecule has 4 heteroatoms. The number of rotatable bonds is 5. The van der Waals surface area contributed by atoms with Crippen LogP contribution in [-0.4, -0.2) is 41.7 Å². The number of esters is 1. The molecule has 1 aliphatic rings. The molecule has 0 saturated carbocycles. The zero-order chi connectivity index (χ0) is 16.3. The summed E-state index contributed by atoms with van der Waals surface area (Å²) in [5.41, 5.74) is 0.131. The Balaban J connectivity index is 2.68. The van der Waals surface area contributed by atoms with E-state index in [-0.39, 0.29) is 29.8 Å². The minimum absolute atomic E-state index is 0.0655. The van der Waals surface area contributed by atoms with Gasteiger partial charge in [0.05, 0.1) is 6.08 Å². The molecule has 1 fully saturated rings. The summed E-state index contributed by atoms with van der Waals surface area (Å²) in [4.78, 5) is 13.9. The summed E-state index contributed by atoms with van der Waals surface area (Å²) in [6.07, 6.45) is 4.92. The van der Waals surface area contributed by atoms with Gasteiger partial charge in [0.25, 0.3) is 0 Å². The summed E-state index contributed by atoms with van der Waals surface area (Å²) in [5, 5.41) is 0. The van der Waals surface area contributed by atoms with E-state index < -0.39 is 0 Å². The zero-order valence-electron chi connectivity index (χ0n) is 14.2. The molecule has 0 aliphatic carbocycles. The molecule has 0 N–H and O–H groups in total. The van der Waals surface area contributed by atoms with Gasteiger partial charge in [0.15, 0.2) is 0 Å². The Hall–Kier alpha value is -1.29. The van der Waals surface area contributed by atoms with Crippen molar-refractivity contribution in [2.45, 2.75) is 64.6 Å². The van der Waals surface area contributed by atoms with E-state index in [1.165, 1.54) is 6.08 Å². The molecule has 0 bridgehead atoms. The quantitative estimate of drug-likeness (QED) is 0.338. The van der Waals surface area contributed by atoms with Crippen molar-refractivity contribution in [1.82, 2.24) is 4.90 Å². The smallest absolute Gasteiger partial charge is 0.334 e. The number of nitrogens with zero attached hydrogens (tertiary/aromatic N) is 1. The van der Waals surface area contributed by atoms with Gasteiger partial charge in [-0.15, -0.1) is 0 Å². The van der Waals surface area contributed by atoms with Crippen LogP contribution >= 0.6 is 0 Å². The van der Waals surface area contributed by atoms with Crippen molar-refractivity contribution in [3.63, 3.8) is 0 Å². The van der Waals surface area contributed by atoms with E-state index in [4.69, 9.17) is 9.47 Å². The number of carbonyl (C=O) groups excluding carboxylic acids is 1. The maximum Gasteiger partial charge on any atom is 0.334 e. The van der Waals surface area contributed by atoms with Gasteiger partial charge in [-0.1, -0.05) is 12.7 Å². The van der Waals surface area contributed by atoms with E-state index in [1.54, 1.807) is 13.0 Å². The molecule has 0 radical (unpaired) electrons. The van der Waals surface area contributed by atoms with E-state index in [0.29, 0.717) is 5.76 Å². The third-order valence-electron chi connectivity index (χ3n) is 4.29. The highest BCUT2D eigenvalue weighted by Gasteiger charge is 2.43. The molecular formula is C17H29NO3. The molecule has 21 heavy (non-hydrogen) atoms. The van der Waals surface area contributed by atoms with Crippen LogP contribution in [0.4, 0.5) is 0 Å². The second-order valence-corrected chi connectivity index (χ2v) is 7.01. The van der Waals surface area contributed by atoms with Crippen molar-refractivity contribution in [2.24, 2.45) is 0 Å². The van der Waals surface area contributed by atoms with Crippen LogP contribution in [-0.2, 0) is 14.3 Å². The second kappa shape index (κ2) is 6.65. The highest BCUT2D eigenvalue weighted by molar-refractivity contribution is 5.82. The highest BCUT2D eigenvalue weighted by atomic mass is 16.5. The fraction of sp³-hybridized carbons (Fsp3) is 0.706. The van der Waals surface area contributed by atoms with Crippen LogP contribution in [0.25, 0.3) is 0 Å². The molecular weight excluding hydrogens is 266 g/mol. The summed E-state index contributed by atoms with van der Waals surface area (Å²) < 4.78 is 10.9. The van der Waals surface area contributed by atoms with E-state index in [9.17, 15) is 4.79 Å². The van der Waals surface area contributed by atoms with Gasteiger partial charge in [0.2, 0.25) is 0 Å². The normalized spacial score (nSPS) is 22.7. The van der Waals surface area contributed by atoms with Crippen LogP contribution in [0.1, 0.15) is 47.5 Å². The number of carbonyl (C=O) groups is 1. The van der Waals surface area contributed by atoms with Gasteiger partial charge in [-0.3, -0.25) is 4.90 Å². The lowest BCUT2D eigenvalue weighted by molar-refractivity contribution is -0.136. The molecule has 1 heterocycles. The standard InChI is InChI=1S/C17H29NO3/c1-8-9-20-15(19)10-13(2)21-14-11-16(3,4)18(7)17(5,6)12-14/h8,10,14H,1,9,11-12H2,2-7H3/b13-10-. The number of ether oxygens (including phenoxy) is 2. The SMILES string of the molecule is C=CCOC(=O)/C=C(/C)OC1CC(C)(C)N(C)C(C)(C)C1. The minimum atomic E-state index is -0.390. The maximum absolute atomic E-state index is 11.5. The summed E-state index contributed by atoms with van der Waals surface area (Å²) in [7, 11) is 2.16.